The minimum absolute atomic E-state index is 0.105. The summed E-state index contributed by atoms with van der Waals surface area (Å²) in [5.41, 5.74) is 1.15. The molecule has 0 bridgehead atoms. The predicted molar refractivity (Wildman–Crippen MR) is 53.7 cm³/mol. The third-order valence-corrected chi connectivity index (χ3v) is 2.45. The molecule has 1 aliphatic heterocycles. The minimum Gasteiger partial charge on any atom is -0.496 e. The van der Waals surface area contributed by atoms with Crippen LogP contribution >= 0.6 is 0 Å². The van der Waals surface area contributed by atoms with Crippen molar-refractivity contribution >= 4 is 5.97 Å². The molecule has 0 aliphatic carbocycles. The second kappa shape index (κ2) is 3.46. The lowest BCUT2D eigenvalue weighted by atomic mass is 10.1. The lowest BCUT2D eigenvalue weighted by Crippen LogP contribution is -2.05. The van der Waals surface area contributed by atoms with Gasteiger partial charge in [0.05, 0.1) is 7.11 Å². The normalized spacial score (nSPS) is 18.1. The first-order valence-corrected chi connectivity index (χ1v) is 4.72. The average Bonchev–Trinajstić information content (AvgIpc) is 2.54. The van der Waals surface area contributed by atoms with Gasteiger partial charge < -0.3 is 14.6 Å². The Labute approximate surface area is 87.4 Å². The molecule has 0 radical (unpaired) electrons. The monoisotopic (exact) mass is 208 g/mol. The second-order valence-electron chi connectivity index (χ2n) is 3.60. The molecule has 0 spiro atoms. The van der Waals surface area contributed by atoms with E-state index in [4.69, 9.17) is 14.6 Å². The maximum absolute atomic E-state index is 10.9. The van der Waals surface area contributed by atoms with Crippen molar-refractivity contribution < 1.29 is 19.4 Å². The number of carboxylic acids is 1. The van der Waals surface area contributed by atoms with Gasteiger partial charge in [0.15, 0.2) is 0 Å². The highest BCUT2D eigenvalue weighted by atomic mass is 16.5. The first-order valence-electron chi connectivity index (χ1n) is 4.72. The van der Waals surface area contributed by atoms with E-state index in [1.54, 1.807) is 6.07 Å². The van der Waals surface area contributed by atoms with Crippen LogP contribution in [-0.4, -0.2) is 24.3 Å². The summed E-state index contributed by atoms with van der Waals surface area (Å²) >= 11 is 0. The SMILES string of the molecule is COc1cc2c(cc1C(=O)O)OC(C)C2. The number of fused-ring (bicyclic) bond motifs is 1. The number of rotatable bonds is 2. The molecular weight excluding hydrogens is 196 g/mol. The maximum Gasteiger partial charge on any atom is 0.339 e. The fraction of sp³-hybridized carbons (Fsp3) is 0.364. The number of methoxy groups -OCH3 is 1. The fourth-order valence-corrected chi connectivity index (χ4v) is 1.78. The molecule has 1 aliphatic rings. The van der Waals surface area contributed by atoms with Crippen LogP contribution in [0.2, 0.25) is 0 Å². The second-order valence-corrected chi connectivity index (χ2v) is 3.60. The Morgan fingerprint density at radius 2 is 2.33 bits per heavy atom. The van der Waals surface area contributed by atoms with Gasteiger partial charge in [-0.3, -0.25) is 0 Å². The average molecular weight is 208 g/mol. The summed E-state index contributed by atoms with van der Waals surface area (Å²) in [7, 11) is 1.47. The predicted octanol–water partition coefficient (Wildman–Crippen LogP) is 1.72. The van der Waals surface area contributed by atoms with Gasteiger partial charge in [-0.1, -0.05) is 0 Å². The third-order valence-electron chi connectivity index (χ3n) is 2.45. The van der Waals surface area contributed by atoms with Gasteiger partial charge in [0.25, 0.3) is 0 Å². The Bertz CT molecular complexity index is 411. The summed E-state index contributed by atoms with van der Waals surface area (Å²) in [6.45, 7) is 1.95. The molecular formula is C11H12O4. The van der Waals surface area contributed by atoms with E-state index in [2.05, 4.69) is 0 Å². The van der Waals surface area contributed by atoms with Gasteiger partial charge in [0.1, 0.15) is 23.2 Å². The molecule has 0 saturated carbocycles. The summed E-state index contributed by atoms with van der Waals surface area (Å²) < 4.78 is 10.5. The highest BCUT2D eigenvalue weighted by Gasteiger charge is 2.23. The van der Waals surface area contributed by atoms with Crippen LogP contribution in [0.5, 0.6) is 11.5 Å². The van der Waals surface area contributed by atoms with E-state index in [1.165, 1.54) is 13.2 Å². The van der Waals surface area contributed by atoms with Crippen LogP contribution in [0, 0.1) is 0 Å². The van der Waals surface area contributed by atoms with Crippen molar-refractivity contribution in [3.63, 3.8) is 0 Å². The molecule has 0 saturated heterocycles. The smallest absolute Gasteiger partial charge is 0.339 e. The van der Waals surface area contributed by atoms with Crippen molar-refractivity contribution in [2.75, 3.05) is 7.11 Å². The van der Waals surface area contributed by atoms with Crippen LogP contribution in [-0.2, 0) is 6.42 Å². The Hall–Kier alpha value is -1.71. The molecule has 0 fully saturated rings. The zero-order valence-electron chi connectivity index (χ0n) is 8.61. The van der Waals surface area contributed by atoms with Crippen LogP contribution in [0.15, 0.2) is 12.1 Å². The minimum atomic E-state index is -1.00. The first kappa shape index (κ1) is 9.83. The van der Waals surface area contributed by atoms with E-state index >= 15 is 0 Å². The number of hydrogen-bond donors (Lipinski definition) is 1. The van der Waals surface area contributed by atoms with Gasteiger partial charge in [-0.15, -0.1) is 0 Å². The highest BCUT2D eigenvalue weighted by Crippen LogP contribution is 2.34. The molecule has 1 heterocycles. The van der Waals surface area contributed by atoms with Crippen molar-refractivity contribution in [3.05, 3.63) is 23.3 Å². The standard InChI is InChI=1S/C11H12O4/c1-6-3-7-4-10(14-2)8(11(12)13)5-9(7)15-6/h4-6H,3H2,1-2H3,(H,12,13). The number of aromatic carboxylic acids is 1. The number of carbonyl (C=O) groups is 1. The van der Waals surface area contributed by atoms with Crippen molar-refractivity contribution in [2.45, 2.75) is 19.4 Å². The number of benzene rings is 1. The maximum atomic E-state index is 10.9. The van der Waals surface area contributed by atoms with E-state index in [1.807, 2.05) is 6.92 Å². The number of hydrogen-bond acceptors (Lipinski definition) is 3. The van der Waals surface area contributed by atoms with Crippen LogP contribution in [0.1, 0.15) is 22.8 Å². The largest absolute Gasteiger partial charge is 0.496 e. The Morgan fingerprint density at radius 3 is 2.93 bits per heavy atom. The summed E-state index contributed by atoms with van der Waals surface area (Å²) in [6, 6.07) is 3.27. The number of ether oxygens (including phenoxy) is 2. The summed E-state index contributed by atoms with van der Waals surface area (Å²) in [5, 5.41) is 8.96. The summed E-state index contributed by atoms with van der Waals surface area (Å²) in [5.74, 6) is 0.0393. The van der Waals surface area contributed by atoms with Gasteiger partial charge in [0.2, 0.25) is 0 Å². The fourth-order valence-electron chi connectivity index (χ4n) is 1.78. The van der Waals surface area contributed by atoms with Gasteiger partial charge in [0, 0.05) is 12.0 Å². The topological polar surface area (TPSA) is 55.8 Å². The molecule has 1 atom stereocenters. The van der Waals surface area contributed by atoms with Crippen LogP contribution in [0.4, 0.5) is 0 Å². The quantitative estimate of drug-likeness (QED) is 0.803. The van der Waals surface area contributed by atoms with Gasteiger partial charge in [-0.25, -0.2) is 4.79 Å². The molecule has 80 valence electrons. The van der Waals surface area contributed by atoms with Crippen molar-refractivity contribution in [3.8, 4) is 11.5 Å². The van der Waals surface area contributed by atoms with Crippen LogP contribution in [0.25, 0.3) is 0 Å². The highest BCUT2D eigenvalue weighted by molar-refractivity contribution is 5.91. The van der Waals surface area contributed by atoms with Crippen LogP contribution < -0.4 is 9.47 Å². The van der Waals surface area contributed by atoms with E-state index in [0.29, 0.717) is 11.5 Å². The molecule has 15 heavy (non-hydrogen) atoms. The van der Waals surface area contributed by atoms with Crippen molar-refractivity contribution in [2.24, 2.45) is 0 Å². The zero-order chi connectivity index (χ0) is 11.0. The van der Waals surface area contributed by atoms with Gasteiger partial charge >= 0.3 is 5.97 Å². The zero-order valence-corrected chi connectivity index (χ0v) is 8.61. The third kappa shape index (κ3) is 1.63. The van der Waals surface area contributed by atoms with E-state index < -0.39 is 5.97 Å². The first-order chi connectivity index (χ1) is 7.11. The van der Waals surface area contributed by atoms with Crippen molar-refractivity contribution in [1.82, 2.24) is 0 Å². The lowest BCUT2D eigenvalue weighted by molar-refractivity contribution is 0.0692. The van der Waals surface area contributed by atoms with Crippen molar-refractivity contribution in [1.29, 1.82) is 0 Å². The Morgan fingerprint density at radius 1 is 1.60 bits per heavy atom. The molecule has 4 heteroatoms. The van der Waals surface area contributed by atoms with E-state index in [-0.39, 0.29) is 11.7 Å². The molecule has 1 aromatic carbocycles. The Balaban J connectivity index is 2.50. The van der Waals surface area contributed by atoms with E-state index in [0.717, 1.165) is 12.0 Å². The molecule has 1 aromatic rings. The van der Waals surface area contributed by atoms with Gasteiger partial charge in [-0.05, 0) is 19.1 Å². The van der Waals surface area contributed by atoms with Crippen LogP contribution in [0.3, 0.4) is 0 Å². The Kier molecular flexibility index (Phi) is 2.26. The molecule has 1 unspecified atom stereocenters. The molecule has 0 aromatic heterocycles. The summed E-state index contributed by atoms with van der Waals surface area (Å²) in [4.78, 5) is 10.9. The molecule has 2 rings (SSSR count). The van der Waals surface area contributed by atoms with Gasteiger partial charge in [-0.2, -0.15) is 0 Å². The summed E-state index contributed by atoms with van der Waals surface area (Å²) in [6.07, 6.45) is 0.903. The molecule has 0 amide bonds. The number of carboxylic acid groups (broad SMARTS) is 1. The van der Waals surface area contributed by atoms with E-state index in [9.17, 15) is 4.79 Å². The molecule has 4 nitrogen and oxygen atoms in total. The molecule has 1 N–H and O–H groups in total. The lowest BCUT2D eigenvalue weighted by Gasteiger charge is -2.07.